The third kappa shape index (κ3) is 4.75. The SMILES string of the molecule is CC(=O)O[C@@H]1CC[C@H]2c3c(c(C)c(OCc4ccccc4)c(OCc4ccccc4)c31)C(=O)[C@@H](C)[C@@H]2C. The number of hydrogen-bond acceptors (Lipinski definition) is 5. The molecule has 5 rings (SSSR count). The van der Waals surface area contributed by atoms with Crippen LogP contribution >= 0.6 is 0 Å². The van der Waals surface area contributed by atoms with Gasteiger partial charge in [0.15, 0.2) is 17.3 Å². The van der Waals surface area contributed by atoms with Crippen molar-refractivity contribution < 1.29 is 23.8 Å². The predicted molar refractivity (Wildman–Crippen MR) is 142 cm³/mol. The Morgan fingerprint density at radius 1 is 0.838 bits per heavy atom. The van der Waals surface area contributed by atoms with E-state index in [1.165, 1.54) is 6.92 Å². The number of carbonyl (C=O) groups is 2. The van der Waals surface area contributed by atoms with Gasteiger partial charge in [-0.1, -0.05) is 74.5 Å². The van der Waals surface area contributed by atoms with Crippen molar-refractivity contribution in [1.82, 2.24) is 0 Å². The summed E-state index contributed by atoms with van der Waals surface area (Å²) in [7, 11) is 0. The van der Waals surface area contributed by atoms with Gasteiger partial charge in [0, 0.05) is 29.5 Å². The number of hydrogen-bond donors (Lipinski definition) is 0. The Hall–Kier alpha value is -3.60. The zero-order valence-electron chi connectivity index (χ0n) is 22.0. The van der Waals surface area contributed by atoms with Crippen LogP contribution in [-0.4, -0.2) is 11.8 Å². The molecule has 0 fully saturated rings. The van der Waals surface area contributed by atoms with Crippen molar-refractivity contribution in [2.45, 2.75) is 65.8 Å². The van der Waals surface area contributed by atoms with E-state index in [1.54, 1.807) is 0 Å². The van der Waals surface area contributed by atoms with Gasteiger partial charge in [-0.25, -0.2) is 0 Å². The average molecular weight is 499 g/mol. The van der Waals surface area contributed by atoms with Crippen LogP contribution in [0.25, 0.3) is 0 Å². The first kappa shape index (κ1) is 25.1. The smallest absolute Gasteiger partial charge is 0.303 e. The Kier molecular flexibility index (Phi) is 7.05. The van der Waals surface area contributed by atoms with Gasteiger partial charge in [0.1, 0.15) is 19.3 Å². The first-order chi connectivity index (χ1) is 17.9. The second-order valence-electron chi connectivity index (χ2n) is 10.3. The van der Waals surface area contributed by atoms with E-state index in [-0.39, 0.29) is 29.5 Å². The van der Waals surface area contributed by atoms with E-state index in [0.29, 0.717) is 31.1 Å². The summed E-state index contributed by atoms with van der Waals surface area (Å²) < 4.78 is 18.9. The highest BCUT2D eigenvalue weighted by atomic mass is 16.5. The van der Waals surface area contributed by atoms with Crippen LogP contribution in [0.2, 0.25) is 0 Å². The lowest BCUT2D eigenvalue weighted by atomic mass is 9.62. The number of benzene rings is 3. The molecule has 0 saturated carbocycles. The molecular formula is C32H34O5. The van der Waals surface area contributed by atoms with E-state index < -0.39 is 6.10 Å². The van der Waals surface area contributed by atoms with Crippen LogP contribution in [0.4, 0.5) is 0 Å². The van der Waals surface area contributed by atoms with Gasteiger partial charge in [-0.2, -0.15) is 0 Å². The second-order valence-corrected chi connectivity index (χ2v) is 10.3. The standard InChI is InChI=1S/C32H34O5/c1-19-20(2)30(34)27-21(3)31(35-17-23-11-7-5-8-12-23)32(36-18-24-13-9-6-10-14-24)29-26(37-22(4)33)16-15-25(19)28(27)29/h5-14,19-20,25-26H,15-18H2,1-4H3/t19-,20-,25+,26+/m0/s1. The van der Waals surface area contributed by atoms with Gasteiger partial charge >= 0.3 is 5.97 Å². The van der Waals surface area contributed by atoms with Crippen molar-refractivity contribution in [3.05, 3.63) is 94.0 Å². The summed E-state index contributed by atoms with van der Waals surface area (Å²) in [6, 6.07) is 19.9. The van der Waals surface area contributed by atoms with Crippen molar-refractivity contribution in [2.75, 3.05) is 0 Å². The predicted octanol–water partition coefficient (Wildman–Crippen LogP) is 7.10. The molecule has 3 aromatic carbocycles. The van der Waals surface area contributed by atoms with E-state index in [4.69, 9.17) is 14.2 Å². The summed E-state index contributed by atoms with van der Waals surface area (Å²) in [5.74, 6) is 1.22. The van der Waals surface area contributed by atoms with Gasteiger partial charge in [0.05, 0.1) is 0 Å². The molecule has 3 aromatic rings. The second kappa shape index (κ2) is 10.4. The molecule has 0 N–H and O–H groups in total. The Bertz CT molecular complexity index is 1300. The summed E-state index contributed by atoms with van der Waals surface area (Å²) in [5.41, 5.74) is 5.35. The molecule has 5 nitrogen and oxygen atoms in total. The molecule has 0 radical (unpaired) electrons. The van der Waals surface area contributed by atoms with E-state index >= 15 is 0 Å². The molecule has 0 amide bonds. The maximum atomic E-state index is 13.7. The van der Waals surface area contributed by atoms with E-state index in [9.17, 15) is 9.59 Å². The minimum atomic E-state index is -0.485. The van der Waals surface area contributed by atoms with Gasteiger partial charge in [-0.05, 0) is 48.3 Å². The van der Waals surface area contributed by atoms with Gasteiger partial charge in [-0.15, -0.1) is 0 Å². The number of esters is 1. The van der Waals surface area contributed by atoms with Crippen molar-refractivity contribution in [1.29, 1.82) is 0 Å². The van der Waals surface area contributed by atoms with Crippen molar-refractivity contribution in [3.63, 3.8) is 0 Å². The van der Waals surface area contributed by atoms with Crippen molar-refractivity contribution in [3.8, 4) is 11.5 Å². The number of ketones is 1. The highest BCUT2D eigenvalue weighted by Crippen LogP contribution is 2.56. The van der Waals surface area contributed by atoms with Crippen LogP contribution in [0, 0.1) is 18.8 Å². The van der Waals surface area contributed by atoms with Gasteiger partial charge < -0.3 is 14.2 Å². The third-order valence-corrected chi connectivity index (χ3v) is 8.00. The largest absolute Gasteiger partial charge is 0.485 e. The van der Waals surface area contributed by atoms with Crippen LogP contribution in [0.3, 0.4) is 0 Å². The molecule has 0 aliphatic heterocycles. The van der Waals surface area contributed by atoms with Crippen molar-refractivity contribution >= 4 is 11.8 Å². The summed E-state index contributed by atoms with van der Waals surface area (Å²) in [6.45, 7) is 8.25. The lowest BCUT2D eigenvalue weighted by Gasteiger charge is -2.43. The van der Waals surface area contributed by atoms with Crippen LogP contribution in [-0.2, 0) is 22.7 Å². The maximum absolute atomic E-state index is 13.7. The van der Waals surface area contributed by atoms with Crippen LogP contribution in [0.5, 0.6) is 11.5 Å². The van der Waals surface area contributed by atoms with Gasteiger partial charge in [0.25, 0.3) is 0 Å². The summed E-state index contributed by atoms with van der Waals surface area (Å²) in [6.07, 6.45) is 1.06. The zero-order valence-corrected chi connectivity index (χ0v) is 22.0. The number of rotatable bonds is 7. The fraction of sp³-hybridized carbons (Fsp3) is 0.375. The summed E-state index contributed by atoms with van der Waals surface area (Å²) in [5, 5.41) is 0. The molecule has 0 unspecified atom stereocenters. The van der Waals surface area contributed by atoms with Gasteiger partial charge in [0.2, 0.25) is 0 Å². The lowest BCUT2D eigenvalue weighted by Crippen LogP contribution is -2.36. The van der Waals surface area contributed by atoms with Crippen LogP contribution in [0.1, 0.15) is 83.8 Å². The van der Waals surface area contributed by atoms with Crippen LogP contribution < -0.4 is 9.47 Å². The molecule has 37 heavy (non-hydrogen) atoms. The molecule has 0 heterocycles. The van der Waals surface area contributed by atoms with E-state index in [1.807, 2.05) is 74.5 Å². The Labute approximate surface area is 218 Å². The number of carbonyl (C=O) groups excluding carboxylic acids is 2. The normalized spacial score (nSPS) is 22.2. The summed E-state index contributed by atoms with van der Waals surface area (Å²) in [4.78, 5) is 25.9. The minimum absolute atomic E-state index is 0.0904. The number of Topliss-reactive ketones (excluding diaryl/α,β-unsaturated/α-hetero) is 1. The Morgan fingerprint density at radius 2 is 1.41 bits per heavy atom. The fourth-order valence-corrected chi connectivity index (χ4v) is 5.94. The number of ether oxygens (including phenoxy) is 3. The van der Waals surface area contributed by atoms with Crippen LogP contribution in [0.15, 0.2) is 60.7 Å². The van der Waals surface area contributed by atoms with E-state index in [0.717, 1.165) is 39.8 Å². The highest BCUT2D eigenvalue weighted by Gasteiger charge is 2.46. The maximum Gasteiger partial charge on any atom is 0.303 e. The molecule has 192 valence electrons. The topological polar surface area (TPSA) is 61.8 Å². The summed E-state index contributed by atoms with van der Waals surface area (Å²) >= 11 is 0. The quantitative estimate of drug-likeness (QED) is 0.325. The fourth-order valence-electron chi connectivity index (χ4n) is 5.94. The minimum Gasteiger partial charge on any atom is -0.485 e. The Morgan fingerprint density at radius 3 is 1.97 bits per heavy atom. The van der Waals surface area contributed by atoms with Crippen molar-refractivity contribution in [2.24, 2.45) is 11.8 Å². The lowest BCUT2D eigenvalue weighted by molar-refractivity contribution is -0.147. The molecule has 0 saturated heterocycles. The van der Waals surface area contributed by atoms with Gasteiger partial charge in [-0.3, -0.25) is 9.59 Å². The Balaban J connectivity index is 1.69. The first-order valence-corrected chi connectivity index (χ1v) is 13.1. The molecule has 2 aliphatic carbocycles. The highest BCUT2D eigenvalue weighted by molar-refractivity contribution is 6.03. The van der Waals surface area contributed by atoms with E-state index in [2.05, 4.69) is 6.92 Å². The average Bonchev–Trinajstić information content (AvgIpc) is 2.90. The molecule has 0 bridgehead atoms. The molecule has 0 spiro atoms. The third-order valence-electron chi connectivity index (χ3n) is 8.00. The molecule has 2 aliphatic rings. The monoisotopic (exact) mass is 498 g/mol. The first-order valence-electron chi connectivity index (χ1n) is 13.1. The molecule has 5 heteroatoms. The zero-order chi connectivity index (χ0) is 26.1. The molecular weight excluding hydrogens is 464 g/mol. The molecule has 0 aromatic heterocycles. The molecule has 4 atom stereocenters.